The smallest absolute Gasteiger partial charge is 0.266 e. The molecule has 1 amide bonds. The Bertz CT molecular complexity index is 595. The van der Waals surface area contributed by atoms with Gasteiger partial charge in [0.1, 0.15) is 10.1 Å². The van der Waals surface area contributed by atoms with Crippen LogP contribution in [-0.4, -0.2) is 32.7 Å². The van der Waals surface area contributed by atoms with E-state index in [1.807, 2.05) is 0 Å². The molecule has 1 aliphatic rings. The number of hydrogen-bond acceptors (Lipinski definition) is 6. The quantitative estimate of drug-likeness (QED) is 0.652. The number of carboxylic acids is 1. The predicted molar refractivity (Wildman–Crippen MR) is 77.6 cm³/mol. The Hall–Kier alpha value is -1.86. The summed E-state index contributed by atoms with van der Waals surface area (Å²) < 4.78 is 0.335. The standard InChI is InChI=1S/C13H11NO4S2/c15-9-3-1-8(2-4-9)7-10-12(18)14(13(19)20-10)6-5-11(16)17/h1-4,7,15H,5-6H2,(H,16,17)/p-1/b10-7-. The fourth-order valence-corrected chi connectivity index (χ4v) is 2.93. The lowest BCUT2D eigenvalue weighted by atomic mass is 10.2. The second-order valence-electron chi connectivity index (χ2n) is 4.05. The third kappa shape index (κ3) is 3.37. The monoisotopic (exact) mass is 308 g/mol. The van der Waals surface area contributed by atoms with Crippen LogP contribution in [0.5, 0.6) is 5.75 Å². The number of nitrogens with zero attached hydrogens (tertiary/aromatic N) is 1. The highest BCUT2D eigenvalue weighted by Crippen LogP contribution is 2.32. The molecule has 104 valence electrons. The van der Waals surface area contributed by atoms with Crippen LogP contribution in [0.25, 0.3) is 6.08 Å². The van der Waals surface area contributed by atoms with E-state index >= 15 is 0 Å². The van der Waals surface area contributed by atoms with Crippen LogP contribution in [0.4, 0.5) is 0 Å². The van der Waals surface area contributed by atoms with E-state index in [4.69, 9.17) is 12.2 Å². The minimum atomic E-state index is -1.22. The van der Waals surface area contributed by atoms with Crippen molar-refractivity contribution in [2.45, 2.75) is 6.42 Å². The van der Waals surface area contributed by atoms with Crippen molar-refractivity contribution < 1.29 is 19.8 Å². The van der Waals surface area contributed by atoms with E-state index in [-0.39, 0.29) is 24.6 Å². The van der Waals surface area contributed by atoms with E-state index < -0.39 is 5.97 Å². The van der Waals surface area contributed by atoms with E-state index in [1.54, 1.807) is 18.2 Å². The molecule has 1 aliphatic heterocycles. The molecule has 0 spiro atoms. The highest BCUT2D eigenvalue weighted by atomic mass is 32.2. The highest BCUT2D eigenvalue weighted by Gasteiger charge is 2.31. The van der Waals surface area contributed by atoms with Gasteiger partial charge in [0.05, 0.1) is 4.91 Å². The van der Waals surface area contributed by atoms with Gasteiger partial charge in [0.15, 0.2) is 0 Å². The van der Waals surface area contributed by atoms with Crippen LogP contribution in [-0.2, 0) is 9.59 Å². The van der Waals surface area contributed by atoms with Crippen molar-refractivity contribution >= 4 is 46.3 Å². The third-order valence-electron chi connectivity index (χ3n) is 2.60. The fraction of sp³-hybridized carbons (Fsp3) is 0.154. The maximum Gasteiger partial charge on any atom is 0.266 e. The first kappa shape index (κ1) is 14.5. The first-order valence-corrected chi connectivity index (χ1v) is 6.94. The van der Waals surface area contributed by atoms with Crippen molar-refractivity contribution in [1.82, 2.24) is 4.90 Å². The Balaban J connectivity index is 2.14. The molecule has 0 bridgehead atoms. The molecular formula is C13H10NO4S2-. The lowest BCUT2D eigenvalue weighted by molar-refractivity contribution is -0.305. The summed E-state index contributed by atoms with van der Waals surface area (Å²) in [6.07, 6.45) is 1.40. The molecule has 0 radical (unpaired) electrons. The van der Waals surface area contributed by atoms with Gasteiger partial charge in [0.2, 0.25) is 0 Å². The molecule has 7 heteroatoms. The largest absolute Gasteiger partial charge is 0.550 e. The van der Waals surface area contributed by atoms with Crippen LogP contribution in [0, 0.1) is 0 Å². The van der Waals surface area contributed by atoms with Crippen molar-refractivity contribution in [3.05, 3.63) is 34.7 Å². The van der Waals surface area contributed by atoms with Crippen molar-refractivity contribution in [2.75, 3.05) is 6.54 Å². The number of hydrogen-bond donors (Lipinski definition) is 1. The maximum absolute atomic E-state index is 12.1. The molecule has 0 aliphatic carbocycles. The Morgan fingerprint density at radius 1 is 1.40 bits per heavy atom. The molecule has 1 fully saturated rings. The van der Waals surface area contributed by atoms with Gasteiger partial charge in [-0.1, -0.05) is 36.1 Å². The minimum Gasteiger partial charge on any atom is -0.550 e. The Morgan fingerprint density at radius 2 is 2.05 bits per heavy atom. The second-order valence-corrected chi connectivity index (χ2v) is 5.72. The molecule has 0 saturated carbocycles. The van der Waals surface area contributed by atoms with E-state index in [0.29, 0.717) is 9.23 Å². The van der Waals surface area contributed by atoms with Crippen molar-refractivity contribution in [3.63, 3.8) is 0 Å². The Morgan fingerprint density at radius 3 is 2.65 bits per heavy atom. The van der Waals surface area contributed by atoms with Gasteiger partial charge < -0.3 is 15.0 Å². The maximum atomic E-state index is 12.1. The molecule has 20 heavy (non-hydrogen) atoms. The summed E-state index contributed by atoms with van der Waals surface area (Å²) in [6.45, 7) is 0.0138. The van der Waals surface area contributed by atoms with Crippen molar-refractivity contribution in [3.8, 4) is 5.75 Å². The molecule has 1 N–H and O–H groups in total. The Kier molecular flexibility index (Phi) is 4.41. The van der Waals surface area contributed by atoms with Gasteiger partial charge in [-0.3, -0.25) is 9.69 Å². The number of thioether (sulfide) groups is 1. The number of aromatic hydroxyl groups is 1. The fourth-order valence-electron chi connectivity index (χ4n) is 1.62. The zero-order chi connectivity index (χ0) is 14.7. The van der Waals surface area contributed by atoms with Crippen LogP contribution in [0.15, 0.2) is 29.2 Å². The van der Waals surface area contributed by atoms with E-state index in [0.717, 1.165) is 17.3 Å². The van der Waals surface area contributed by atoms with Crippen LogP contribution in [0.1, 0.15) is 12.0 Å². The van der Waals surface area contributed by atoms with Crippen LogP contribution in [0.2, 0.25) is 0 Å². The number of carbonyl (C=O) groups excluding carboxylic acids is 2. The predicted octanol–water partition coefficient (Wildman–Crippen LogP) is 0.733. The van der Waals surface area contributed by atoms with Gasteiger partial charge in [0, 0.05) is 18.9 Å². The number of carbonyl (C=O) groups is 2. The molecular weight excluding hydrogens is 298 g/mol. The van der Waals surface area contributed by atoms with Crippen molar-refractivity contribution in [2.24, 2.45) is 0 Å². The molecule has 5 nitrogen and oxygen atoms in total. The number of benzene rings is 1. The molecule has 0 aromatic heterocycles. The lowest BCUT2D eigenvalue weighted by Gasteiger charge is -2.14. The average molecular weight is 308 g/mol. The summed E-state index contributed by atoms with van der Waals surface area (Å²) in [5.74, 6) is -1.39. The van der Waals surface area contributed by atoms with E-state index in [1.165, 1.54) is 17.0 Å². The van der Waals surface area contributed by atoms with E-state index in [9.17, 15) is 19.8 Å². The van der Waals surface area contributed by atoms with E-state index in [2.05, 4.69) is 0 Å². The number of phenolic OH excluding ortho intramolecular Hbond substituents is 1. The summed E-state index contributed by atoms with van der Waals surface area (Å²) in [6, 6.07) is 6.37. The first-order valence-electron chi connectivity index (χ1n) is 5.71. The number of phenols is 1. The molecule has 2 rings (SSSR count). The summed E-state index contributed by atoms with van der Waals surface area (Å²) in [5.41, 5.74) is 0.753. The van der Waals surface area contributed by atoms with Crippen LogP contribution < -0.4 is 5.11 Å². The number of amides is 1. The Labute approximate surface area is 124 Å². The normalized spacial score (nSPS) is 17.0. The molecule has 1 aromatic carbocycles. The topological polar surface area (TPSA) is 80.7 Å². The van der Waals surface area contributed by atoms with Gasteiger partial charge in [-0.05, 0) is 23.8 Å². The van der Waals surface area contributed by atoms with Crippen LogP contribution >= 0.6 is 24.0 Å². The van der Waals surface area contributed by atoms with Gasteiger partial charge in [-0.15, -0.1) is 0 Å². The van der Waals surface area contributed by atoms with Crippen LogP contribution in [0.3, 0.4) is 0 Å². The summed E-state index contributed by atoms with van der Waals surface area (Å²) in [5, 5.41) is 19.6. The average Bonchev–Trinajstić information content (AvgIpc) is 2.65. The zero-order valence-electron chi connectivity index (χ0n) is 10.2. The van der Waals surface area contributed by atoms with Gasteiger partial charge >= 0.3 is 0 Å². The SMILES string of the molecule is O=C([O-])CCN1C(=O)/C(=C/c2ccc(O)cc2)SC1=S. The lowest BCUT2D eigenvalue weighted by Crippen LogP contribution is -2.33. The molecule has 1 heterocycles. The number of carboxylic acid groups (broad SMARTS) is 1. The minimum absolute atomic E-state index is 0.0138. The second kappa shape index (κ2) is 6.06. The van der Waals surface area contributed by atoms with Crippen molar-refractivity contribution in [1.29, 1.82) is 0 Å². The first-order chi connectivity index (χ1) is 9.47. The number of aliphatic carboxylic acids is 1. The third-order valence-corrected chi connectivity index (χ3v) is 3.98. The molecule has 1 aromatic rings. The number of rotatable bonds is 4. The van der Waals surface area contributed by atoms with Gasteiger partial charge in [-0.2, -0.15) is 0 Å². The molecule has 0 atom stereocenters. The zero-order valence-corrected chi connectivity index (χ0v) is 11.9. The number of thiocarbonyl (C=S) groups is 1. The summed E-state index contributed by atoms with van der Waals surface area (Å²) >= 11 is 6.18. The van der Waals surface area contributed by atoms with Gasteiger partial charge in [0.25, 0.3) is 5.91 Å². The summed E-state index contributed by atoms with van der Waals surface area (Å²) in [7, 11) is 0. The molecule has 1 saturated heterocycles. The summed E-state index contributed by atoms with van der Waals surface area (Å²) in [4.78, 5) is 24.2. The molecule has 0 unspecified atom stereocenters. The van der Waals surface area contributed by atoms with Gasteiger partial charge in [-0.25, -0.2) is 0 Å². The highest BCUT2D eigenvalue weighted by molar-refractivity contribution is 8.26.